The molecule has 5 heteroatoms. The Hall–Kier alpha value is 0.110. The van der Waals surface area contributed by atoms with Crippen LogP contribution in [0.2, 0.25) is 0 Å². The van der Waals surface area contributed by atoms with E-state index in [-0.39, 0.29) is 0 Å². The van der Waals surface area contributed by atoms with Gasteiger partial charge in [-0.25, -0.2) is 0 Å². The zero-order chi connectivity index (χ0) is 13.6. The number of rotatable bonds is 8. The van der Waals surface area contributed by atoms with Gasteiger partial charge in [0.25, 0.3) is 0 Å². The SMILES string of the molecule is CCOP(C)(=O)C(O)CCN(C(C)C)C(C)C. The lowest BCUT2D eigenvalue weighted by molar-refractivity contribution is 0.137. The van der Waals surface area contributed by atoms with Crippen molar-refractivity contribution in [3.8, 4) is 0 Å². The molecule has 0 spiro atoms. The first kappa shape index (κ1) is 17.1. The topological polar surface area (TPSA) is 49.8 Å². The van der Waals surface area contributed by atoms with Crippen LogP contribution in [0, 0.1) is 0 Å². The minimum atomic E-state index is -2.87. The van der Waals surface area contributed by atoms with Crippen LogP contribution in [0.25, 0.3) is 0 Å². The van der Waals surface area contributed by atoms with Gasteiger partial charge in [-0.2, -0.15) is 0 Å². The molecule has 0 aromatic rings. The molecule has 17 heavy (non-hydrogen) atoms. The molecule has 0 saturated heterocycles. The van der Waals surface area contributed by atoms with E-state index >= 15 is 0 Å². The van der Waals surface area contributed by atoms with Crippen LogP contribution in [0.1, 0.15) is 41.0 Å². The molecule has 4 nitrogen and oxygen atoms in total. The summed E-state index contributed by atoms with van der Waals surface area (Å²) in [5.41, 5.74) is 0. The number of aliphatic hydroxyl groups excluding tert-OH is 1. The molecule has 0 fully saturated rings. The fraction of sp³-hybridized carbons (Fsp3) is 1.00. The first-order valence-corrected chi connectivity index (χ1v) is 8.52. The molecule has 1 N–H and O–H groups in total. The molecule has 104 valence electrons. The molecule has 0 aliphatic carbocycles. The second-order valence-electron chi connectivity index (χ2n) is 5.02. The first-order valence-electron chi connectivity index (χ1n) is 6.37. The summed E-state index contributed by atoms with van der Waals surface area (Å²) in [6.45, 7) is 12.9. The van der Waals surface area contributed by atoms with E-state index in [2.05, 4.69) is 32.6 Å². The maximum absolute atomic E-state index is 12.0. The van der Waals surface area contributed by atoms with Gasteiger partial charge >= 0.3 is 0 Å². The molecule has 0 radical (unpaired) electrons. The zero-order valence-corrected chi connectivity index (χ0v) is 12.9. The van der Waals surface area contributed by atoms with Crippen LogP contribution in [0.5, 0.6) is 0 Å². The maximum Gasteiger partial charge on any atom is 0.227 e. The monoisotopic (exact) mass is 265 g/mol. The van der Waals surface area contributed by atoms with Crippen LogP contribution in [0.4, 0.5) is 0 Å². The molecule has 2 unspecified atom stereocenters. The number of aliphatic hydroxyl groups is 1. The summed E-state index contributed by atoms with van der Waals surface area (Å²) in [5.74, 6) is -0.859. The Morgan fingerprint density at radius 3 is 2.06 bits per heavy atom. The maximum atomic E-state index is 12.0. The molecule has 0 saturated carbocycles. The molecule has 0 heterocycles. The van der Waals surface area contributed by atoms with Gasteiger partial charge in [0.15, 0.2) is 0 Å². The quantitative estimate of drug-likeness (QED) is 0.686. The standard InChI is InChI=1S/C12H28NO3P/c1-7-16-17(6,15)12(14)8-9-13(10(2)3)11(4)5/h10-12,14H,7-9H2,1-6H3. The lowest BCUT2D eigenvalue weighted by Gasteiger charge is -2.31. The second-order valence-corrected chi connectivity index (χ2v) is 7.69. The minimum Gasteiger partial charge on any atom is -0.383 e. The summed E-state index contributed by atoms with van der Waals surface area (Å²) < 4.78 is 17.1. The summed E-state index contributed by atoms with van der Waals surface area (Å²) in [5, 5.41) is 9.91. The van der Waals surface area contributed by atoms with Crippen LogP contribution < -0.4 is 0 Å². The molecule has 2 atom stereocenters. The number of nitrogens with zero attached hydrogens (tertiary/aromatic N) is 1. The van der Waals surface area contributed by atoms with Gasteiger partial charge in [0.05, 0.1) is 6.61 Å². The zero-order valence-electron chi connectivity index (χ0n) is 12.0. The smallest absolute Gasteiger partial charge is 0.227 e. The van der Waals surface area contributed by atoms with Gasteiger partial charge in [-0.1, -0.05) is 0 Å². The highest BCUT2D eigenvalue weighted by Crippen LogP contribution is 2.48. The Kier molecular flexibility index (Phi) is 7.57. The fourth-order valence-electron chi connectivity index (χ4n) is 1.95. The van der Waals surface area contributed by atoms with Crippen molar-refractivity contribution >= 4 is 7.37 Å². The highest BCUT2D eigenvalue weighted by molar-refractivity contribution is 7.58. The van der Waals surface area contributed by atoms with Crippen LogP contribution >= 0.6 is 7.37 Å². The molecular weight excluding hydrogens is 237 g/mol. The van der Waals surface area contributed by atoms with Crippen LogP contribution in [0.3, 0.4) is 0 Å². The van der Waals surface area contributed by atoms with Gasteiger partial charge in [0.2, 0.25) is 7.37 Å². The lowest BCUT2D eigenvalue weighted by atomic mass is 10.2. The summed E-state index contributed by atoms with van der Waals surface area (Å²) in [7, 11) is -2.87. The number of hydrogen-bond donors (Lipinski definition) is 1. The Bertz CT molecular complexity index is 248. The normalized spacial score (nSPS) is 17.8. The van der Waals surface area contributed by atoms with Crippen molar-refractivity contribution in [1.29, 1.82) is 0 Å². The van der Waals surface area contributed by atoms with Gasteiger partial charge < -0.3 is 9.63 Å². The van der Waals surface area contributed by atoms with E-state index in [1.807, 2.05) is 0 Å². The van der Waals surface area contributed by atoms with E-state index in [1.165, 1.54) is 6.66 Å². The van der Waals surface area contributed by atoms with E-state index in [4.69, 9.17) is 4.52 Å². The molecule has 0 rings (SSSR count). The Morgan fingerprint density at radius 1 is 1.24 bits per heavy atom. The lowest BCUT2D eigenvalue weighted by Crippen LogP contribution is -2.38. The molecule has 0 aromatic heterocycles. The minimum absolute atomic E-state index is 0.378. The summed E-state index contributed by atoms with van der Waals surface area (Å²) in [6, 6.07) is 0.844. The molecule has 0 bridgehead atoms. The van der Waals surface area contributed by atoms with Gasteiger partial charge in [0.1, 0.15) is 5.85 Å². The van der Waals surface area contributed by atoms with Crippen LogP contribution in [0.15, 0.2) is 0 Å². The van der Waals surface area contributed by atoms with Crippen molar-refractivity contribution in [1.82, 2.24) is 4.90 Å². The average Bonchev–Trinajstić information content (AvgIpc) is 2.16. The average molecular weight is 265 g/mol. The van der Waals surface area contributed by atoms with Gasteiger partial charge in [-0.15, -0.1) is 0 Å². The predicted octanol–water partition coefficient (Wildman–Crippen LogP) is 2.76. The predicted molar refractivity (Wildman–Crippen MR) is 72.8 cm³/mol. The van der Waals surface area contributed by atoms with E-state index in [0.717, 1.165) is 6.54 Å². The van der Waals surface area contributed by atoms with Gasteiger partial charge in [0, 0.05) is 25.3 Å². The molecule has 0 aromatic carbocycles. The van der Waals surface area contributed by atoms with E-state index in [1.54, 1.807) is 6.92 Å². The summed E-state index contributed by atoms with van der Waals surface area (Å²) >= 11 is 0. The summed E-state index contributed by atoms with van der Waals surface area (Å²) in [4.78, 5) is 2.27. The Labute approximate surface area is 106 Å². The molecule has 0 amide bonds. The van der Waals surface area contributed by atoms with E-state index in [0.29, 0.717) is 25.1 Å². The largest absolute Gasteiger partial charge is 0.383 e. The molecule has 0 aliphatic heterocycles. The van der Waals surface area contributed by atoms with Crippen molar-refractivity contribution in [2.24, 2.45) is 0 Å². The third kappa shape index (κ3) is 6.01. The Balaban J connectivity index is 4.30. The van der Waals surface area contributed by atoms with Gasteiger partial charge in [-0.05, 0) is 41.0 Å². The molecule has 0 aliphatic rings. The third-order valence-electron chi connectivity index (χ3n) is 2.90. The van der Waals surface area contributed by atoms with Crippen molar-refractivity contribution in [2.45, 2.75) is 59.0 Å². The van der Waals surface area contributed by atoms with Crippen LogP contribution in [-0.4, -0.2) is 47.8 Å². The second kappa shape index (κ2) is 7.52. The highest BCUT2D eigenvalue weighted by atomic mass is 31.2. The Morgan fingerprint density at radius 2 is 1.71 bits per heavy atom. The van der Waals surface area contributed by atoms with Crippen molar-refractivity contribution in [3.63, 3.8) is 0 Å². The van der Waals surface area contributed by atoms with Crippen molar-refractivity contribution in [3.05, 3.63) is 0 Å². The van der Waals surface area contributed by atoms with Crippen LogP contribution in [-0.2, 0) is 9.09 Å². The van der Waals surface area contributed by atoms with E-state index in [9.17, 15) is 9.67 Å². The highest BCUT2D eigenvalue weighted by Gasteiger charge is 2.27. The molecular formula is C12H28NO3P. The first-order chi connectivity index (χ1) is 7.72. The van der Waals surface area contributed by atoms with Gasteiger partial charge in [-0.3, -0.25) is 9.46 Å². The summed E-state index contributed by atoms with van der Waals surface area (Å²) in [6.07, 6.45) is 0.490. The van der Waals surface area contributed by atoms with E-state index < -0.39 is 13.2 Å². The van der Waals surface area contributed by atoms with Crippen molar-refractivity contribution < 1.29 is 14.2 Å². The third-order valence-corrected chi connectivity index (χ3v) is 5.01. The number of hydrogen-bond acceptors (Lipinski definition) is 4. The fourth-order valence-corrected chi connectivity index (χ4v) is 3.22. The van der Waals surface area contributed by atoms with Crippen molar-refractivity contribution in [2.75, 3.05) is 19.8 Å².